The number of methoxy groups -OCH3 is 1. The van der Waals surface area contributed by atoms with Crippen LogP contribution in [0.25, 0.3) is 0 Å². The van der Waals surface area contributed by atoms with Gasteiger partial charge in [0.15, 0.2) is 0 Å². The summed E-state index contributed by atoms with van der Waals surface area (Å²) in [5.74, 6) is 0.0813. The first-order chi connectivity index (χ1) is 11.0. The molecule has 0 bridgehead atoms. The third-order valence-corrected chi connectivity index (χ3v) is 7.24. The highest BCUT2D eigenvalue weighted by Crippen LogP contribution is 2.28. The lowest BCUT2D eigenvalue weighted by molar-refractivity contribution is 0.0399. The van der Waals surface area contributed by atoms with Crippen molar-refractivity contribution < 1.29 is 17.9 Å². The minimum absolute atomic E-state index is 0.0104. The summed E-state index contributed by atoms with van der Waals surface area (Å²) in [6.07, 6.45) is 2.30. The first-order valence-corrected chi connectivity index (χ1v) is 10.1. The number of piperidine rings is 1. The summed E-state index contributed by atoms with van der Waals surface area (Å²) >= 11 is 0. The molecule has 3 aliphatic rings. The van der Waals surface area contributed by atoms with Gasteiger partial charge in [0.1, 0.15) is 0 Å². The van der Waals surface area contributed by atoms with E-state index in [2.05, 4.69) is 16.8 Å². The first-order valence-electron chi connectivity index (χ1n) is 8.54. The van der Waals surface area contributed by atoms with Crippen molar-refractivity contribution >= 4 is 10.0 Å². The molecule has 0 aliphatic carbocycles. The highest BCUT2D eigenvalue weighted by molar-refractivity contribution is 7.89. The highest BCUT2D eigenvalue weighted by atomic mass is 32.2. The van der Waals surface area contributed by atoms with Crippen LogP contribution in [0.2, 0.25) is 0 Å². The predicted molar refractivity (Wildman–Crippen MR) is 88.0 cm³/mol. The Bertz CT molecular complexity index is 493. The van der Waals surface area contributed by atoms with Crippen LogP contribution >= 0.6 is 0 Å². The van der Waals surface area contributed by atoms with Crippen LogP contribution in [0.1, 0.15) is 12.8 Å². The summed E-state index contributed by atoms with van der Waals surface area (Å²) in [6.45, 7) is 5.00. The Labute approximate surface area is 139 Å². The Hall–Kier alpha value is -0.250. The van der Waals surface area contributed by atoms with E-state index >= 15 is 0 Å². The summed E-state index contributed by atoms with van der Waals surface area (Å²) in [6, 6.07) is 0.478. The van der Waals surface area contributed by atoms with Crippen LogP contribution < -0.4 is 0 Å². The molecule has 0 aromatic carbocycles. The Morgan fingerprint density at radius 2 is 1.96 bits per heavy atom. The average molecular weight is 347 g/mol. The molecular formula is C15H29N3O4S. The maximum absolute atomic E-state index is 12.5. The lowest BCUT2D eigenvalue weighted by Crippen LogP contribution is -2.48. The van der Waals surface area contributed by atoms with E-state index in [1.54, 1.807) is 11.4 Å². The van der Waals surface area contributed by atoms with Crippen molar-refractivity contribution in [3.05, 3.63) is 0 Å². The van der Waals surface area contributed by atoms with Crippen molar-refractivity contribution in [2.24, 2.45) is 0 Å². The molecule has 2 atom stereocenters. The average Bonchev–Trinajstić information content (AvgIpc) is 2.87. The van der Waals surface area contributed by atoms with Crippen molar-refractivity contribution in [1.29, 1.82) is 0 Å². The summed E-state index contributed by atoms with van der Waals surface area (Å²) in [7, 11) is 0.512. The molecule has 3 rings (SSSR count). The molecule has 0 saturated carbocycles. The maximum atomic E-state index is 12.5. The van der Waals surface area contributed by atoms with Crippen LogP contribution in [0, 0.1) is 0 Å². The summed E-state index contributed by atoms with van der Waals surface area (Å²) in [5, 5.41) is 0. The fourth-order valence-electron chi connectivity index (χ4n) is 4.00. The summed E-state index contributed by atoms with van der Waals surface area (Å²) in [4.78, 5) is 4.81. The lowest BCUT2D eigenvalue weighted by Gasteiger charge is -2.35. The third-order valence-electron chi connectivity index (χ3n) is 5.39. The van der Waals surface area contributed by atoms with E-state index in [1.165, 1.54) is 0 Å². The molecule has 0 aromatic rings. The van der Waals surface area contributed by atoms with Gasteiger partial charge in [-0.2, -0.15) is 4.31 Å². The number of nitrogens with zero attached hydrogens (tertiary/aromatic N) is 3. The highest BCUT2D eigenvalue weighted by Gasteiger charge is 2.45. The predicted octanol–water partition coefficient (Wildman–Crippen LogP) is -0.558. The van der Waals surface area contributed by atoms with Crippen LogP contribution in [0.15, 0.2) is 0 Å². The van der Waals surface area contributed by atoms with Crippen molar-refractivity contribution in [3.8, 4) is 0 Å². The summed E-state index contributed by atoms with van der Waals surface area (Å²) < 4.78 is 37.7. The molecule has 0 unspecified atom stereocenters. The Balaban J connectivity index is 1.71. The molecule has 23 heavy (non-hydrogen) atoms. The molecule has 3 fully saturated rings. The number of likely N-dealkylation sites (tertiary alicyclic amines) is 2. The molecule has 8 heteroatoms. The monoisotopic (exact) mass is 347 g/mol. The van der Waals surface area contributed by atoms with E-state index in [9.17, 15) is 8.42 Å². The van der Waals surface area contributed by atoms with Gasteiger partial charge in [0.05, 0.1) is 31.1 Å². The lowest BCUT2D eigenvalue weighted by atomic mass is 10.0. The van der Waals surface area contributed by atoms with Gasteiger partial charge >= 0.3 is 0 Å². The van der Waals surface area contributed by atoms with Crippen molar-refractivity contribution in [3.63, 3.8) is 0 Å². The molecule has 3 heterocycles. The van der Waals surface area contributed by atoms with Crippen LogP contribution in [0.3, 0.4) is 0 Å². The molecule has 0 spiro atoms. The maximum Gasteiger partial charge on any atom is 0.216 e. The molecule has 3 aliphatic heterocycles. The van der Waals surface area contributed by atoms with Gasteiger partial charge in [-0.15, -0.1) is 0 Å². The zero-order valence-electron chi connectivity index (χ0n) is 14.2. The van der Waals surface area contributed by atoms with E-state index in [4.69, 9.17) is 9.47 Å². The van der Waals surface area contributed by atoms with Gasteiger partial charge in [-0.05, 0) is 33.0 Å². The van der Waals surface area contributed by atoms with Crippen LogP contribution in [0.5, 0.6) is 0 Å². The Kier molecular flexibility index (Phi) is 5.60. The second kappa shape index (κ2) is 7.33. The van der Waals surface area contributed by atoms with E-state index < -0.39 is 10.0 Å². The van der Waals surface area contributed by atoms with Gasteiger partial charge in [-0.1, -0.05) is 0 Å². The molecule has 0 N–H and O–H groups in total. The minimum Gasteiger partial charge on any atom is -0.383 e. The fraction of sp³-hybridized carbons (Fsp3) is 1.00. The number of hydrogen-bond donors (Lipinski definition) is 0. The normalized spacial score (nSPS) is 34.3. The van der Waals surface area contributed by atoms with Gasteiger partial charge in [-0.25, -0.2) is 8.42 Å². The quantitative estimate of drug-likeness (QED) is 0.680. The third kappa shape index (κ3) is 3.88. The minimum atomic E-state index is -3.26. The molecule has 134 valence electrons. The van der Waals surface area contributed by atoms with Gasteiger partial charge in [0, 0.05) is 32.8 Å². The number of fused-ring (bicyclic) bond motifs is 1. The fourth-order valence-corrected chi connectivity index (χ4v) is 5.51. The number of hydrogen-bond acceptors (Lipinski definition) is 6. The van der Waals surface area contributed by atoms with Crippen molar-refractivity contribution in [1.82, 2.24) is 14.1 Å². The van der Waals surface area contributed by atoms with Crippen LogP contribution in [0.4, 0.5) is 0 Å². The van der Waals surface area contributed by atoms with E-state index in [0.717, 1.165) is 39.0 Å². The summed E-state index contributed by atoms with van der Waals surface area (Å²) in [5.41, 5.74) is 0. The van der Waals surface area contributed by atoms with Gasteiger partial charge in [0.2, 0.25) is 10.0 Å². The molecule has 0 radical (unpaired) electrons. The standard InChI is InChI=1S/C15H29N3O4S/c1-16-5-3-13(4-6-16)17-11-14-15(12-17)22-9-10-23(19,20)18(14)7-8-21-2/h13-15H,3-12H2,1-2H3/t14-,15+/m1/s1. The number of rotatable bonds is 4. The second-order valence-electron chi connectivity index (χ2n) is 6.88. The van der Waals surface area contributed by atoms with Gasteiger partial charge in [-0.3, -0.25) is 4.90 Å². The first kappa shape index (κ1) is 17.6. The van der Waals surface area contributed by atoms with Crippen molar-refractivity contribution in [2.75, 3.05) is 65.8 Å². The molecule has 0 aromatic heterocycles. The van der Waals surface area contributed by atoms with Gasteiger partial charge < -0.3 is 14.4 Å². The molecule has 3 saturated heterocycles. The van der Waals surface area contributed by atoms with Crippen molar-refractivity contribution in [2.45, 2.75) is 31.0 Å². The topological polar surface area (TPSA) is 62.3 Å². The van der Waals surface area contributed by atoms with E-state index in [1.807, 2.05) is 0 Å². The number of sulfonamides is 1. The SMILES string of the molecule is COCCN1[C@@H]2CN(C3CCN(C)CC3)C[C@@H]2OCCS1(=O)=O. The van der Waals surface area contributed by atoms with Crippen LogP contribution in [-0.4, -0.2) is 107 Å². The van der Waals surface area contributed by atoms with E-state index in [0.29, 0.717) is 25.8 Å². The largest absolute Gasteiger partial charge is 0.383 e. The van der Waals surface area contributed by atoms with Gasteiger partial charge in [0.25, 0.3) is 0 Å². The van der Waals surface area contributed by atoms with E-state index in [-0.39, 0.29) is 17.9 Å². The Morgan fingerprint density at radius 1 is 1.22 bits per heavy atom. The molecule has 7 nitrogen and oxygen atoms in total. The molecule has 0 amide bonds. The zero-order valence-corrected chi connectivity index (χ0v) is 15.0. The van der Waals surface area contributed by atoms with Crippen LogP contribution in [-0.2, 0) is 19.5 Å². The molecular weight excluding hydrogens is 318 g/mol. The number of ether oxygens (including phenoxy) is 2. The zero-order chi connectivity index (χ0) is 16.4. The smallest absolute Gasteiger partial charge is 0.216 e. The second-order valence-corrected chi connectivity index (χ2v) is 8.93. The Morgan fingerprint density at radius 3 is 2.65 bits per heavy atom.